The van der Waals surface area contributed by atoms with E-state index in [4.69, 9.17) is 16.3 Å². The molecule has 0 aliphatic heterocycles. The monoisotopic (exact) mass is 451 g/mol. The molecule has 0 spiro atoms. The molecule has 0 atom stereocenters. The van der Waals surface area contributed by atoms with Crippen LogP contribution in [0, 0.1) is 6.92 Å². The summed E-state index contributed by atoms with van der Waals surface area (Å²) in [5, 5.41) is 18.9. The van der Waals surface area contributed by atoms with Gasteiger partial charge in [0, 0.05) is 18.8 Å². The largest absolute Gasteiger partial charge is 0.496 e. The molecule has 4 rings (SSSR count). The number of methoxy groups -OCH3 is 1. The molecule has 0 fully saturated rings. The third-order valence-electron chi connectivity index (χ3n) is 5.04. The van der Waals surface area contributed by atoms with Gasteiger partial charge in [-0.05, 0) is 54.0 Å². The van der Waals surface area contributed by atoms with E-state index in [0.717, 1.165) is 29.8 Å². The zero-order valence-corrected chi connectivity index (χ0v) is 18.5. The summed E-state index contributed by atoms with van der Waals surface area (Å²) in [7, 11) is 1.50. The first-order chi connectivity index (χ1) is 15.6. The van der Waals surface area contributed by atoms with E-state index < -0.39 is 0 Å². The number of ether oxygens (including phenoxy) is 1. The summed E-state index contributed by atoms with van der Waals surface area (Å²) in [5.74, 6) is 0.126. The van der Waals surface area contributed by atoms with Crippen molar-refractivity contribution in [1.29, 1.82) is 0 Å². The molecule has 4 aromatic rings. The molecule has 2 aromatic heterocycles. The summed E-state index contributed by atoms with van der Waals surface area (Å²) in [6.45, 7) is 2.50. The van der Waals surface area contributed by atoms with Crippen molar-refractivity contribution in [2.24, 2.45) is 0 Å². The van der Waals surface area contributed by atoms with Gasteiger partial charge in [-0.2, -0.15) is 9.78 Å². The van der Waals surface area contributed by atoms with Gasteiger partial charge < -0.3 is 10.1 Å². The summed E-state index contributed by atoms with van der Waals surface area (Å²) in [5.41, 5.74) is 4.02. The number of hydrogen-bond donors (Lipinski definition) is 1. The molecule has 2 heterocycles. The number of nitrogens with one attached hydrogen (secondary N) is 1. The van der Waals surface area contributed by atoms with Crippen LogP contribution in [-0.2, 0) is 6.42 Å². The Kier molecular flexibility index (Phi) is 6.46. The molecule has 0 saturated carbocycles. The minimum Gasteiger partial charge on any atom is -0.496 e. The van der Waals surface area contributed by atoms with Gasteiger partial charge >= 0.3 is 0 Å². The third kappa shape index (κ3) is 4.62. The number of tetrazole rings is 1. The van der Waals surface area contributed by atoms with Crippen LogP contribution < -0.4 is 10.1 Å². The number of rotatable bonds is 8. The van der Waals surface area contributed by atoms with Gasteiger partial charge in [-0.3, -0.25) is 4.79 Å². The predicted molar refractivity (Wildman–Crippen MR) is 120 cm³/mol. The lowest BCUT2D eigenvalue weighted by Crippen LogP contribution is -2.25. The molecule has 2 aromatic carbocycles. The Morgan fingerprint density at radius 2 is 2.00 bits per heavy atom. The zero-order chi connectivity index (χ0) is 22.5. The Hall–Kier alpha value is -3.72. The molecule has 10 heteroatoms. The summed E-state index contributed by atoms with van der Waals surface area (Å²) in [6, 6.07) is 13.2. The van der Waals surface area contributed by atoms with E-state index in [-0.39, 0.29) is 5.91 Å². The molecule has 164 valence electrons. The lowest BCUT2D eigenvalue weighted by Gasteiger charge is -2.12. The van der Waals surface area contributed by atoms with E-state index in [2.05, 4.69) is 25.9 Å². The van der Waals surface area contributed by atoms with Gasteiger partial charge in [0.2, 0.25) is 0 Å². The second kappa shape index (κ2) is 9.61. The van der Waals surface area contributed by atoms with Crippen LogP contribution in [-0.4, -0.2) is 49.5 Å². The number of nitrogens with zero attached hydrogens (tertiary/aromatic N) is 6. The molecule has 32 heavy (non-hydrogen) atoms. The van der Waals surface area contributed by atoms with Crippen LogP contribution >= 0.6 is 11.6 Å². The van der Waals surface area contributed by atoms with Gasteiger partial charge in [0.25, 0.3) is 5.91 Å². The highest BCUT2D eigenvalue weighted by atomic mass is 35.5. The zero-order valence-electron chi connectivity index (χ0n) is 17.7. The van der Waals surface area contributed by atoms with Crippen LogP contribution in [0.25, 0.3) is 11.4 Å². The number of aryl methyl sites for hydroxylation is 2. The van der Waals surface area contributed by atoms with E-state index in [0.29, 0.717) is 28.6 Å². The first kappa shape index (κ1) is 21.5. The quantitative estimate of drug-likeness (QED) is 0.413. The molecule has 0 bridgehead atoms. The second-order valence-corrected chi connectivity index (χ2v) is 7.54. The summed E-state index contributed by atoms with van der Waals surface area (Å²) >= 11 is 6.34. The summed E-state index contributed by atoms with van der Waals surface area (Å²) in [6.07, 6.45) is 5.02. The van der Waals surface area contributed by atoms with Gasteiger partial charge in [-0.15, -0.1) is 5.10 Å². The van der Waals surface area contributed by atoms with Crippen LogP contribution in [0.2, 0.25) is 5.02 Å². The van der Waals surface area contributed by atoms with E-state index >= 15 is 0 Å². The molecule has 0 unspecified atom stereocenters. The molecule has 0 aliphatic rings. The first-order valence-electron chi connectivity index (χ1n) is 10.1. The number of amides is 1. The standard InChI is InChI=1S/C22H22ClN7O2/c1-15-16(13-29(26-15)17-8-4-3-5-9-17)7-6-10-24-22(31)18-11-19(23)20(12-21(18)32-2)30-14-25-27-28-30/h3-5,8-9,11-14H,6-7,10H2,1-2H3,(H,24,31). The number of benzene rings is 2. The Morgan fingerprint density at radius 1 is 1.19 bits per heavy atom. The topological polar surface area (TPSA) is 99.8 Å². The van der Waals surface area contributed by atoms with Gasteiger partial charge in [0.1, 0.15) is 12.1 Å². The minimum atomic E-state index is -0.260. The number of carbonyl (C=O) groups excluding carboxylic acids is 1. The van der Waals surface area contributed by atoms with E-state index in [1.54, 1.807) is 12.1 Å². The summed E-state index contributed by atoms with van der Waals surface area (Å²) < 4.78 is 8.67. The Bertz CT molecular complexity index is 1210. The fourth-order valence-corrected chi connectivity index (χ4v) is 3.62. The molecule has 9 nitrogen and oxygen atoms in total. The lowest BCUT2D eigenvalue weighted by molar-refractivity contribution is 0.0950. The predicted octanol–water partition coefficient (Wildman–Crippen LogP) is 3.18. The van der Waals surface area contributed by atoms with Gasteiger partial charge in [-0.1, -0.05) is 29.8 Å². The van der Waals surface area contributed by atoms with Crippen molar-refractivity contribution in [3.8, 4) is 17.1 Å². The molecule has 0 aliphatic carbocycles. The van der Waals surface area contributed by atoms with Crippen molar-refractivity contribution in [2.75, 3.05) is 13.7 Å². The smallest absolute Gasteiger partial charge is 0.255 e. The Balaban J connectivity index is 1.37. The highest BCUT2D eigenvalue weighted by molar-refractivity contribution is 6.33. The van der Waals surface area contributed by atoms with Crippen LogP contribution in [0.3, 0.4) is 0 Å². The number of hydrogen-bond acceptors (Lipinski definition) is 6. The molecule has 1 N–H and O–H groups in total. The third-order valence-corrected chi connectivity index (χ3v) is 5.34. The van der Waals surface area contributed by atoms with Gasteiger partial charge in [0.05, 0.1) is 34.8 Å². The maximum atomic E-state index is 12.7. The molecule has 0 saturated heterocycles. The SMILES string of the molecule is COc1cc(-n2cnnn2)c(Cl)cc1C(=O)NCCCc1cn(-c2ccccc2)nc1C. The van der Waals surface area contributed by atoms with Crippen molar-refractivity contribution in [3.05, 3.63) is 76.8 Å². The Labute approximate surface area is 190 Å². The normalized spacial score (nSPS) is 10.8. The lowest BCUT2D eigenvalue weighted by atomic mass is 10.1. The average Bonchev–Trinajstić information content (AvgIpc) is 3.47. The maximum Gasteiger partial charge on any atom is 0.255 e. The first-order valence-corrected chi connectivity index (χ1v) is 10.4. The molecular weight excluding hydrogens is 430 g/mol. The fourth-order valence-electron chi connectivity index (χ4n) is 3.37. The molecular formula is C22H22ClN7O2. The number of para-hydroxylation sites is 1. The number of halogens is 1. The van der Waals surface area contributed by atoms with Crippen molar-refractivity contribution >= 4 is 17.5 Å². The van der Waals surface area contributed by atoms with E-state index in [1.165, 1.54) is 18.1 Å². The average molecular weight is 452 g/mol. The van der Waals surface area contributed by atoms with Crippen LogP contribution in [0.4, 0.5) is 0 Å². The minimum absolute atomic E-state index is 0.260. The Morgan fingerprint density at radius 3 is 2.72 bits per heavy atom. The number of carbonyl (C=O) groups is 1. The van der Waals surface area contributed by atoms with Gasteiger partial charge in [0.15, 0.2) is 0 Å². The van der Waals surface area contributed by atoms with Crippen LogP contribution in [0.15, 0.2) is 55.0 Å². The van der Waals surface area contributed by atoms with Crippen molar-refractivity contribution in [3.63, 3.8) is 0 Å². The van der Waals surface area contributed by atoms with E-state index in [1.807, 2.05) is 48.1 Å². The van der Waals surface area contributed by atoms with Crippen LogP contribution in [0.1, 0.15) is 28.0 Å². The molecule has 1 amide bonds. The fraction of sp³-hybridized carbons (Fsp3) is 0.227. The van der Waals surface area contributed by atoms with Crippen molar-refractivity contribution in [1.82, 2.24) is 35.3 Å². The van der Waals surface area contributed by atoms with Crippen LogP contribution in [0.5, 0.6) is 5.75 Å². The van der Waals surface area contributed by atoms with Gasteiger partial charge in [-0.25, -0.2) is 4.68 Å². The second-order valence-electron chi connectivity index (χ2n) is 7.14. The van der Waals surface area contributed by atoms with Crippen molar-refractivity contribution < 1.29 is 9.53 Å². The highest BCUT2D eigenvalue weighted by Crippen LogP contribution is 2.29. The maximum absolute atomic E-state index is 12.7. The highest BCUT2D eigenvalue weighted by Gasteiger charge is 2.17. The summed E-state index contributed by atoms with van der Waals surface area (Å²) in [4.78, 5) is 12.7. The van der Waals surface area contributed by atoms with E-state index in [9.17, 15) is 4.79 Å². The molecule has 0 radical (unpaired) electrons. The van der Waals surface area contributed by atoms with Crippen molar-refractivity contribution in [2.45, 2.75) is 19.8 Å². The number of aromatic nitrogens is 6.